The van der Waals surface area contributed by atoms with E-state index < -0.39 is 5.41 Å². The van der Waals surface area contributed by atoms with Gasteiger partial charge in [0.05, 0.1) is 5.41 Å². The summed E-state index contributed by atoms with van der Waals surface area (Å²) < 4.78 is 1.72. The van der Waals surface area contributed by atoms with Crippen LogP contribution in [0.1, 0.15) is 40.4 Å². The third-order valence-electron chi connectivity index (χ3n) is 3.31. The molecule has 2 aromatic rings. The summed E-state index contributed by atoms with van der Waals surface area (Å²) >= 11 is 0. The average Bonchev–Trinajstić information content (AvgIpc) is 2.79. The Balaban J connectivity index is 2.29. The van der Waals surface area contributed by atoms with E-state index >= 15 is 0 Å². The van der Waals surface area contributed by atoms with E-state index in [-0.39, 0.29) is 11.3 Å². The van der Waals surface area contributed by atoms with E-state index in [1.807, 2.05) is 12.1 Å². The van der Waals surface area contributed by atoms with Crippen LogP contribution in [0.3, 0.4) is 0 Å². The monoisotopic (exact) mass is 290 g/mol. The molecule has 0 bridgehead atoms. The number of hydrogen-bond donors (Lipinski definition) is 2. The number of fused-ring (bicyclic) bond motifs is 1. The molecule has 0 saturated carbocycles. The minimum Gasteiger partial charge on any atom is -0.369 e. The van der Waals surface area contributed by atoms with Crippen LogP contribution < -0.4 is 11.1 Å². The number of carbonyl (C=O) groups is 1. The second-order valence-electron chi connectivity index (χ2n) is 6.86. The van der Waals surface area contributed by atoms with E-state index in [0.29, 0.717) is 18.0 Å². The maximum absolute atomic E-state index is 11.3. The van der Waals surface area contributed by atoms with Crippen LogP contribution in [0.15, 0.2) is 12.1 Å². The lowest BCUT2D eigenvalue weighted by Gasteiger charge is -2.21. The summed E-state index contributed by atoms with van der Waals surface area (Å²) in [5, 5.41) is 15.9. The number of nitrogens with one attached hydrogen (secondary N) is 1. The van der Waals surface area contributed by atoms with E-state index in [9.17, 15) is 4.79 Å². The molecule has 0 atom stereocenters. The van der Waals surface area contributed by atoms with Crippen molar-refractivity contribution in [3.8, 4) is 0 Å². The Morgan fingerprint density at radius 2 is 1.90 bits per heavy atom. The molecule has 114 valence electrons. The number of carbonyl (C=O) groups excluding carboxylic acids is 1. The number of nitrogens with two attached hydrogens (primary N) is 1. The molecule has 0 spiro atoms. The first kappa shape index (κ1) is 15.2. The SMILES string of the molecule is CC(C)(CNc1ccc2nnc(C(C)(C)C)n2n1)C(N)=O. The summed E-state index contributed by atoms with van der Waals surface area (Å²) in [6.07, 6.45) is 0. The lowest BCUT2D eigenvalue weighted by molar-refractivity contribution is -0.125. The summed E-state index contributed by atoms with van der Waals surface area (Å²) in [6, 6.07) is 3.66. The third-order valence-corrected chi connectivity index (χ3v) is 3.31. The maximum Gasteiger partial charge on any atom is 0.224 e. The molecule has 21 heavy (non-hydrogen) atoms. The Labute approximate surface area is 123 Å². The molecule has 0 unspecified atom stereocenters. The van der Waals surface area contributed by atoms with Gasteiger partial charge in [0.15, 0.2) is 11.5 Å². The van der Waals surface area contributed by atoms with Crippen molar-refractivity contribution in [1.82, 2.24) is 19.8 Å². The number of hydrogen-bond acceptors (Lipinski definition) is 5. The number of anilines is 1. The van der Waals surface area contributed by atoms with Gasteiger partial charge in [-0.3, -0.25) is 4.79 Å². The second kappa shape index (κ2) is 4.98. The molecule has 2 heterocycles. The highest BCUT2D eigenvalue weighted by Gasteiger charge is 2.25. The largest absolute Gasteiger partial charge is 0.369 e. The van der Waals surface area contributed by atoms with Gasteiger partial charge < -0.3 is 11.1 Å². The van der Waals surface area contributed by atoms with Gasteiger partial charge in [-0.25, -0.2) is 0 Å². The lowest BCUT2D eigenvalue weighted by atomic mass is 9.93. The Bertz CT molecular complexity index is 668. The van der Waals surface area contributed by atoms with E-state index in [0.717, 1.165) is 5.82 Å². The van der Waals surface area contributed by atoms with Crippen LogP contribution in [0.5, 0.6) is 0 Å². The van der Waals surface area contributed by atoms with Crippen LogP contribution in [-0.2, 0) is 10.2 Å². The van der Waals surface area contributed by atoms with Crippen molar-refractivity contribution < 1.29 is 4.79 Å². The number of rotatable bonds is 4. The molecular formula is C14H22N6O. The van der Waals surface area contributed by atoms with Crippen molar-refractivity contribution in [3.05, 3.63) is 18.0 Å². The summed E-state index contributed by atoms with van der Waals surface area (Å²) in [7, 11) is 0. The fourth-order valence-electron chi connectivity index (χ4n) is 1.75. The van der Waals surface area contributed by atoms with Crippen LogP contribution in [0.4, 0.5) is 5.82 Å². The summed E-state index contributed by atoms with van der Waals surface area (Å²) in [5.74, 6) is 1.09. The van der Waals surface area contributed by atoms with E-state index in [4.69, 9.17) is 5.73 Å². The van der Waals surface area contributed by atoms with Gasteiger partial charge in [-0.15, -0.1) is 15.3 Å². The Hall–Kier alpha value is -2.18. The number of primary amides is 1. The van der Waals surface area contributed by atoms with Crippen molar-refractivity contribution in [3.63, 3.8) is 0 Å². The minimum atomic E-state index is -0.642. The zero-order valence-electron chi connectivity index (χ0n) is 13.1. The van der Waals surface area contributed by atoms with Crippen LogP contribution in [0.25, 0.3) is 5.65 Å². The van der Waals surface area contributed by atoms with Crippen molar-refractivity contribution in [1.29, 1.82) is 0 Å². The molecule has 2 aromatic heterocycles. The standard InChI is InChI=1S/C14H22N6O/c1-13(2,3)12-18-17-10-7-6-9(19-20(10)12)16-8-14(4,5)11(15)21/h6-7H,8H2,1-5H3,(H2,15,21)(H,16,19). The highest BCUT2D eigenvalue weighted by molar-refractivity contribution is 5.80. The molecule has 1 amide bonds. The second-order valence-corrected chi connectivity index (χ2v) is 6.86. The average molecular weight is 290 g/mol. The molecule has 0 fully saturated rings. The Morgan fingerprint density at radius 3 is 2.48 bits per heavy atom. The molecule has 7 nitrogen and oxygen atoms in total. The number of nitrogens with zero attached hydrogens (tertiary/aromatic N) is 4. The lowest BCUT2D eigenvalue weighted by Crippen LogP contribution is -2.37. The Kier molecular flexibility index (Phi) is 3.61. The third kappa shape index (κ3) is 3.12. The smallest absolute Gasteiger partial charge is 0.224 e. The van der Waals surface area contributed by atoms with Gasteiger partial charge in [-0.05, 0) is 26.0 Å². The summed E-state index contributed by atoms with van der Waals surface area (Å²) in [6.45, 7) is 10.2. The van der Waals surface area contributed by atoms with E-state index in [2.05, 4.69) is 41.4 Å². The van der Waals surface area contributed by atoms with Crippen molar-refractivity contribution in [2.24, 2.45) is 11.1 Å². The summed E-state index contributed by atoms with van der Waals surface area (Å²) in [4.78, 5) is 11.3. The van der Waals surface area contributed by atoms with E-state index in [1.165, 1.54) is 0 Å². The Morgan fingerprint density at radius 1 is 1.24 bits per heavy atom. The van der Waals surface area contributed by atoms with Gasteiger partial charge in [0.2, 0.25) is 5.91 Å². The minimum absolute atomic E-state index is 0.155. The molecule has 0 radical (unpaired) electrons. The quantitative estimate of drug-likeness (QED) is 0.885. The van der Waals surface area contributed by atoms with Gasteiger partial charge in [0.25, 0.3) is 0 Å². The predicted molar refractivity (Wildman–Crippen MR) is 80.9 cm³/mol. The number of amides is 1. The molecule has 0 aromatic carbocycles. The van der Waals surface area contributed by atoms with Crippen LogP contribution in [-0.4, -0.2) is 32.3 Å². The molecule has 0 saturated heterocycles. The topological polar surface area (TPSA) is 98.2 Å². The van der Waals surface area contributed by atoms with Crippen molar-refractivity contribution in [2.75, 3.05) is 11.9 Å². The van der Waals surface area contributed by atoms with E-state index in [1.54, 1.807) is 18.4 Å². The van der Waals surface area contributed by atoms with Crippen molar-refractivity contribution >= 4 is 17.4 Å². The first-order valence-electron chi connectivity index (χ1n) is 6.88. The highest BCUT2D eigenvalue weighted by Crippen LogP contribution is 2.21. The molecule has 0 aliphatic heterocycles. The fourth-order valence-corrected chi connectivity index (χ4v) is 1.75. The molecule has 2 rings (SSSR count). The first-order valence-corrected chi connectivity index (χ1v) is 6.88. The first-order chi connectivity index (χ1) is 9.61. The summed E-state index contributed by atoms with van der Waals surface area (Å²) in [5.41, 5.74) is 5.26. The normalized spacial score (nSPS) is 12.6. The fraction of sp³-hybridized carbons (Fsp3) is 0.571. The molecule has 3 N–H and O–H groups in total. The zero-order valence-corrected chi connectivity index (χ0v) is 13.1. The molecule has 7 heteroatoms. The van der Waals surface area contributed by atoms with Gasteiger partial charge >= 0.3 is 0 Å². The van der Waals surface area contributed by atoms with Crippen molar-refractivity contribution in [2.45, 2.75) is 40.0 Å². The van der Waals surface area contributed by atoms with Gasteiger partial charge in [-0.1, -0.05) is 20.8 Å². The maximum atomic E-state index is 11.3. The van der Waals surface area contributed by atoms with Crippen LogP contribution >= 0.6 is 0 Å². The highest BCUT2D eigenvalue weighted by atomic mass is 16.1. The van der Waals surface area contributed by atoms with Crippen LogP contribution in [0.2, 0.25) is 0 Å². The molecule has 0 aliphatic rings. The van der Waals surface area contributed by atoms with Gasteiger partial charge in [0, 0.05) is 12.0 Å². The van der Waals surface area contributed by atoms with Gasteiger partial charge in [-0.2, -0.15) is 4.52 Å². The molecule has 0 aliphatic carbocycles. The van der Waals surface area contributed by atoms with Crippen LogP contribution in [0, 0.1) is 5.41 Å². The zero-order chi connectivity index (χ0) is 15.8. The predicted octanol–water partition coefficient (Wildman–Crippen LogP) is 1.35. The van der Waals surface area contributed by atoms with Gasteiger partial charge in [0.1, 0.15) is 5.82 Å². The number of aromatic nitrogens is 4. The molecular weight excluding hydrogens is 268 g/mol.